The van der Waals surface area contributed by atoms with Crippen LogP contribution in [0.25, 0.3) is 0 Å². The summed E-state index contributed by atoms with van der Waals surface area (Å²) in [4.78, 5) is 0. The molecule has 1 aliphatic rings. The van der Waals surface area contributed by atoms with E-state index in [-0.39, 0.29) is 25.6 Å². The second-order valence-corrected chi connectivity index (χ2v) is 2.68. The predicted octanol–water partition coefficient (Wildman–Crippen LogP) is -0.343. The van der Waals surface area contributed by atoms with Crippen molar-refractivity contribution in [3.05, 3.63) is 12.2 Å². The second-order valence-electron chi connectivity index (χ2n) is 2.68. The molecule has 1 rings (SSSR count). The van der Waals surface area contributed by atoms with Crippen LogP contribution in [-0.2, 0) is 9.47 Å². The van der Waals surface area contributed by atoms with Crippen molar-refractivity contribution in [1.29, 1.82) is 0 Å². The third kappa shape index (κ3) is 2.57. The molecule has 70 valence electrons. The number of hydrogen-bond donors (Lipinski definition) is 2. The highest BCUT2D eigenvalue weighted by Gasteiger charge is 2.25. The van der Waals surface area contributed by atoms with E-state index in [9.17, 15) is 5.11 Å². The van der Waals surface area contributed by atoms with Gasteiger partial charge < -0.3 is 19.7 Å². The van der Waals surface area contributed by atoms with E-state index in [0.29, 0.717) is 0 Å². The van der Waals surface area contributed by atoms with Gasteiger partial charge >= 0.3 is 0 Å². The van der Waals surface area contributed by atoms with Crippen LogP contribution in [0.1, 0.15) is 6.92 Å². The molecule has 0 spiro atoms. The van der Waals surface area contributed by atoms with Gasteiger partial charge in [-0.2, -0.15) is 0 Å². The normalized spacial score (nSPS) is 37.4. The number of aliphatic hydroxyl groups excluding tert-OH is 2. The Morgan fingerprint density at radius 3 is 3.00 bits per heavy atom. The monoisotopic (exact) mass is 174 g/mol. The average Bonchev–Trinajstić information content (AvgIpc) is 2.07. The molecule has 0 aliphatic carbocycles. The third-order valence-electron chi connectivity index (χ3n) is 1.66. The van der Waals surface area contributed by atoms with Gasteiger partial charge in [-0.15, -0.1) is 0 Å². The highest BCUT2D eigenvalue weighted by molar-refractivity contribution is 4.94. The molecule has 4 nitrogen and oxygen atoms in total. The first kappa shape index (κ1) is 9.67. The lowest BCUT2D eigenvalue weighted by Crippen LogP contribution is -2.41. The van der Waals surface area contributed by atoms with Crippen LogP contribution in [0.2, 0.25) is 0 Å². The maximum atomic E-state index is 9.33. The van der Waals surface area contributed by atoms with Gasteiger partial charge in [0.2, 0.25) is 0 Å². The van der Waals surface area contributed by atoms with Gasteiger partial charge in [0.1, 0.15) is 12.2 Å². The highest BCUT2D eigenvalue weighted by Crippen LogP contribution is 2.13. The first-order chi connectivity index (χ1) is 5.74. The van der Waals surface area contributed by atoms with Crippen molar-refractivity contribution in [3.63, 3.8) is 0 Å². The van der Waals surface area contributed by atoms with Crippen LogP contribution < -0.4 is 0 Å². The molecule has 0 unspecified atom stereocenters. The molecule has 4 heteroatoms. The summed E-state index contributed by atoms with van der Waals surface area (Å²) in [6.45, 7) is 2.01. The number of aliphatic hydroxyl groups is 2. The molecule has 12 heavy (non-hydrogen) atoms. The van der Waals surface area contributed by atoms with Crippen molar-refractivity contribution in [1.82, 2.24) is 0 Å². The molecule has 0 aromatic rings. The number of hydrogen-bond acceptors (Lipinski definition) is 4. The van der Waals surface area contributed by atoms with Gasteiger partial charge in [0.05, 0.1) is 13.2 Å². The van der Waals surface area contributed by atoms with E-state index in [1.165, 1.54) is 0 Å². The molecule has 0 amide bonds. The van der Waals surface area contributed by atoms with Crippen LogP contribution in [0.3, 0.4) is 0 Å². The predicted molar refractivity (Wildman–Crippen MR) is 42.5 cm³/mol. The summed E-state index contributed by atoms with van der Waals surface area (Å²) in [5.74, 6) is 0. The number of rotatable bonds is 2. The lowest BCUT2D eigenvalue weighted by Gasteiger charge is -2.30. The zero-order valence-electron chi connectivity index (χ0n) is 7.01. The Balaban J connectivity index is 2.43. The van der Waals surface area contributed by atoms with E-state index in [4.69, 9.17) is 14.6 Å². The molecule has 0 saturated carbocycles. The van der Waals surface area contributed by atoms with Crippen molar-refractivity contribution < 1.29 is 19.7 Å². The SMILES string of the molecule is C[C@@H]1OC[C@@H](O)[C@H](/C=C\CO)O1. The Labute approximate surface area is 71.4 Å². The van der Waals surface area contributed by atoms with E-state index in [1.807, 2.05) is 0 Å². The Morgan fingerprint density at radius 1 is 1.58 bits per heavy atom. The molecule has 1 saturated heterocycles. The van der Waals surface area contributed by atoms with Gasteiger partial charge in [0.25, 0.3) is 0 Å². The summed E-state index contributed by atoms with van der Waals surface area (Å²) in [5, 5.41) is 17.8. The molecular weight excluding hydrogens is 160 g/mol. The number of ether oxygens (including phenoxy) is 2. The standard InChI is InChI=1S/C8H14O4/c1-6-11-5-7(10)8(12-6)3-2-4-9/h2-3,6-10H,4-5H2,1H3/b3-2-/t6-,7-,8+/m1/s1. The zero-order valence-corrected chi connectivity index (χ0v) is 7.01. The summed E-state index contributed by atoms with van der Waals surface area (Å²) >= 11 is 0. The summed E-state index contributed by atoms with van der Waals surface area (Å²) in [7, 11) is 0. The third-order valence-corrected chi connectivity index (χ3v) is 1.66. The summed E-state index contributed by atoms with van der Waals surface area (Å²) < 4.78 is 10.3. The lowest BCUT2D eigenvalue weighted by atomic mass is 10.2. The van der Waals surface area contributed by atoms with Crippen LogP contribution in [-0.4, -0.2) is 41.9 Å². The van der Waals surface area contributed by atoms with Gasteiger partial charge in [0, 0.05) is 0 Å². The van der Waals surface area contributed by atoms with Crippen molar-refractivity contribution in [3.8, 4) is 0 Å². The van der Waals surface area contributed by atoms with Gasteiger partial charge in [-0.05, 0) is 6.92 Å². The van der Waals surface area contributed by atoms with E-state index in [0.717, 1.165) is 0 Å². The van der Waals surface area contributed by atoms with Crippen molar-refractivity contribution in [2.24, 2.45) is 0 Å². The smallest absolute Gasteiger partial charge is 0.155 e. The fourth-order valence-corrected chi connectivity index (χ4v) is 1.05. The fraction of sp³-hybridized carbons (Fsp3) is 0.750. The van der Waals surface area contributed by atoms with Crippen molar-refractivity contribution >= 4 is 0 Å². The summed E-state index contributed by atoms with van der Waals surface area (Å²) in [6, 6.07) is 0. The Bertz CT molecular complexity index is 157. The van der Waals surface area contributed by atoms with Crippen LogP contribution in [0.4, 0.5) is 0 Å². The molecule has 3 atom stereocenters. The van der Waals surface area contributed by atoms with Crippen LogP contribution in [0, 0.1) is 0 Å². The Morgan fingerprint density at radius 2 is 2.33 bits per heavy atom. The Kier molecular flexibility index (Phi) is 3.68. The fourth-order valence-electron chi connectivity index (χ4n) is 1.05. The molecule has 1 heterocycles. The quantitative estimate of drug-likeness (QED) is 0.562. The van der Waals surface area contributed by atoms with Crippen molar-refractivity contribution in [2.75, 3.05) is 13.2 Å². The molecule has 0 aromatic heterocycles. The molecular formula is C8H14O4. The van der Waals surface area contributed by atoms with Crippen LogP contribution in [0.5, 0.6) is 0 Å². The van der Waals surface area contributed by atoms with Gasteiger partial charge in [-0.1, -0.05) is 12.2 Å². The molecule has 1 aliphatic heterocycles. The first-order valence-corrected chi connectivity index (χ1v) is 3.96. The van der Waals surface area contributed by atoms with E-state index in [1.54, 1.807) is 19.1 Å². The second kappa shape index (κ2) is 4.57. The minimum atomic E-state index is -0.635. The van der Waals surface area contributed by atoms with Crippen LogP contribution in [0.15, 0.2) is 12.2 Å². The minimum Gasteiger partial charge on any atom is -0.392 e. The molecule has 2 N–H and O–H groups in total. The van der Waals surface area contributed by atoms with Crippen molar-refractivity contribution in [2.45, 2.75) is 25.4 Å². The summed E-state index contributed by atoms with van der Waals surface area (Å²) in [5.41, 5.74) is 0. The highest BCUT2D eigenvalue weighted by atomic mass is 16.7. The largest absolute Gasteiger partial charge is 0.392 e. The first-order valence-electron chi connectivity index (χ1n) is 3.96. The van der Waals surface area contributed by atoms with E-state index < -0.39 is 6.10 Å². The van der Waals surface area contributed by atoms with E-state index >= 15 is 0 Å². The van der Waals surface area contributed by atoms with Gasteiger partial charge in [-0.3, -0.25) is 0 Å². The maximum absolute atomic E-state index is 9.33. The average molecular weight is 174 g/mol. The zero-order chi connectivity index (χ0) is 8.97. The van der Waals surface area contributed by atoms with Crippen LogP contribution >= 0.6 is 0 Å². The van der Waals surface area contributed by atoms with Gasteiger partial charge in [-0.25, -0.2) is 0 Å². The molecule has 0 radical (unpaired) electrons. The summed E-state index contributed by atoms with van der Waals surface area (Å²) in [6.07, 6.45) is 1.90. The molecule has 0 aromatic carbocycles. The molecule has 0 bridgehead atoms. The lowest BCUT2D eigenvalue weighted by molar-refractivity contribution is -0.230. The molecule has 1 fully saturated rings. The Hall–Kier alpha value is -0.420. The van der Waals surface area contributed by atoms with Gasteiger partial charge in [0.15, 0.2) is 6.29 Å². The topological polar surface area (TPSA) is 58.9 Å². The van der Waals surface area contributed by atoms with E-state index in [2.05, 4.69) is 0 Å². The maximum Gasteiger partial charge on any atom is 0.155 e. The minimum absolute atomic E-state index is 0.0399.